The number of aryl methyl sites for hydroxylation is 1. The molecule has 10 nitrogen and oxygen atoms in total. The minimum absolute atomic E-state index is 0.0439. The van der Waals surface area contributed by atoms with E-state index in [1.165, 1.54) is 36.2 Å². The van der Waals surface area contributed by atoms with Crippen LogP contribution in [0.25, 0.3) is 39.4 Å². The van der Waals surface area contributed by atoms with Crippen LogP contribution in [0.4, 0.5) is 13.2 Å². The summed E-state index contributed by atoms with van der Waals surface area (Å²) in [6.07, 6.45) is -1.27. The number of aliphatic hydroxyl groups excluding tert-OH is 1. The molecule has 0 atom stereocenters. The Labute approximate surface area is 256 Å². The number of carbonyl (C=O) groups is 1. The zero-order valence-corrected chi connectivity index (χ0v) is 25.3. The molecule has 0 spiro atoms. The first-order valence-electron chi connectivity index (χ1n) is 13.4. The second-order valence-corrected chi connectivity index (χ2v) is 12.5. The number of oxazole rings is 1. The summed E-state index contributed by atoms with van der Waals surface area (Å²) in [4.78, 5) is 16.0. The summed E-state index contributed by atoms with van der Waals surface area (Å²) in [5.41, 5.74) is 1.98. The van der Waals surface area contributed by atoms with Gasteiger partial charge in [0.25, 0.3) is 0 Å². The molecule has 5 rings (SSSR count). The van der Waals surface area contributed by atoms with Crippen LogP contribution in [0.15, 0.2) is 63.9 Å². The molecule has 0 aliphatic carbocycles. The number of carbonyl (C=O) groups excluding carboxylic acids is 1. The summed E-state index contributed by atoms with van der Waals surface area (Å²) in [6.45, 7) is 2.17. The average Bonchev–Trinajstić information content (AvgIpc) is 3.49. The van der Waals surface area contributed by atoms with E-state index in [9.17, 15) is 27.1 Å². The number of ketones is 1. The van der Waals surface area contributed by atoms with Crippen molar-refractivity contribution in [3.8, 4) is 45.2 Å². The van der Waals surface area contributed by atoms with E-state index >= 15 is 4.39 Å². The van der Waals surface area contributed by atoms with E-state index in [0.717, 1.165) is 12.3 Å². The van der Waals surface area contributed by atoms with Gasteiger partial charge in [-0.3, -0.25) is 4.79 Å². The number of sulfone groups is 1. The van der Waals surface area contributed by atoms with Gasteiger partial charge in [0.05, 0.1) is 17.2 Å². The van der Waals surface area contributed by atoms with Crippen molar-refractivity contribution in [2.75, 3.05) is 13.3 Å². The molecule has 236 valence electrons. The van der Waals surface area contributed by atoms with Gasteiger partial charge in [-0.05, 0) is 54.4 Å². The van der Waals surface area contributed by atoms with E-state index in [1.807, 2.05) is 0 Å². The number of Topliss-reactive ketones (excluding diaryl/α,β-unsaturated/α-hetero) is 1. The second-order valence-electron chi connectivity index (χ2n) is 10.5. The predicted octanol–water partition coefficient (Wildman–Crippen LogP) is 5.47. The number of hydrogen-bond donors (Lipinski definition) is 2. The molecule has 0 saturated carbocycles. The maximum Gasteiger partial charge on any atom is 0.586 e. The summed E-state index contributed by atoms with van der Waals surface area (Å²) in [5, 5.41) is 11.0. The Hall–Kier alpha value is -4.66. The Morgan fingerprint density at radius 1 is 1.07 bits per heavy atom. The number of hydrogen-bond acceptors (Lipinski definition) is 10. The van der Waals surface area contributed by atoms with Gasteiger partial charge in [-0.25, -0.2) is 23.6 Å². The molecule has 1 aromatic heterocycles. The summed E-state index contributed by atoms with van der Waals surface area (Å²) < 4.78 is 82.7. The van der Waals surface area contributed by atoms with Crippen molar-refractivity contribution in [1.82, 2.24) is 9.99 Å². The molecule has 3 N–H and O–H groups in total. The third-order valence-corrected chi connectivity index (χ3v) is 8.12. The minimum atomic E-state index is -3.93. The Bertz CT molecular complexity index is 1970. The maximum atomic E-state index is 15.1. The van der Waals surface area contributed by atoms with Crippen LogP contribution < -0.4 is 15.3 Å². The van der Waals surface area contributed by atoms with Crippen LogP contribution in [-0.2, 0) is 21.2 Å². The lowest BCUT2D eigenvalue weighted by molar-refractivity contribution is -0.286. The molecule has 0 unspecified atom stereocenters. The van der Waals surface area contributed by atoms with Gasteiger partial charge >= 0.3 is 6.29 Å². The zero-order chi connectivity index (χ0) is 32.8. The molecule has 1 aliphatic heterocycles. The highest BCUT2D eigenvalue weighted by Crippen LogP contribution is 2.45. The Balaban J connectivity index is 1.77. The topological polar surface area (TPSA) is 145 Å². The largest absolute Gasteiger partial charge is 0.586 e. The lowest BCUT2D eigenvalue weighted by Gasteiger charge is -2.21. The van der Waals surface area contributed by atoms with Crippen molar-refractivity contribution in [1.29, 1.82) is 0 Å². The summed E-state index contributed by atoms with van der Waals surface area (Å²) >= 11 is 0. The Kier molecular flexibility index (Phi) is 8.25. The number of allylic oxidation sites excluding steroid dienone is 1. The summed E-state index contributed by atoms with van der Waals surface area (Å²) in [6, 6.07) is 11.3. The molecule has 4 aromatic rings. The van der Waals surface area contributed by atoms with Gasteiger partial charge in [-0.2, -0.15) is 0 Å². The molecular weight excluding hydrogens is 615 g/mol. The van der Waals surface area contributed by atoms with E-state index in [2.05, 4.69) is 14.5 Å². The molecule has 1 aliphatic rings. The predicted molar refractivity (Wildman–Crippen MR) is 158 cm³/mol. The normalized spacial score (nSPS) is 14.1. The van der Waals surface area contributed by atoms with Gasteiger partial charge in [0.15, 0.2) is 33.0 Å². The van der Waals surface area contributed by atoms with Crippen molar-refractivity contribution in [2.24, 2.45) is 5.84 Å². The Morgan fingerprint density at radius 3 is 2.40 bits per heavy atom. The molecule has 0 amide bonds. The minimum Gasteiger partial charge on any atom is -0.440 e. The highest BCUT2D eigenvalue weighted by Gasteiger charge is 2.43. The van der Waals surface area contributed by atoms with Gasteiger partial charge in [0.2, 0.25) is 0 Å². The number of nitrogens with two attached hydrogens (primary N) is 1. The lowest BCUT2D eigenvalue weighted by Crippen LogP contribution is -2.25. The molecule has 3 aromatic carbocycles. The highest BCUT2D eigenvalue weighted by atomic mass is 32.2. The fourth-order valence-corrected chi connectivity index (χ4v) is 5.93. The van der Waals surface area contributed by atoms with Gasteiger partial charge in [0.1, 0.15) is 17.3 Å². The van der Waals surface area contributed by atoms with Crippen LogP contribution in [0, 0.1) is 12.7 Å². The number of halogens is 3. The number of ether oxygens (including phenoxy) is 2. The van der Waals surface area contributed by atoms with Crippen molar-refractivity contribution in [3.05, 3.63) is 77.4 Å². The van der Waals surface area contributed by atoms with Crippen LogP contribution >= 0.6 is 0 Å². The number of aromatic nitrogens is 1. The number of rotatable bonds is 9. The van der Waals surface area contributed by atoms with E-state index in [0.29, 0.717) is 28.0 Å². The van der Waals surface area contributed by atoms with Crippen LogP contribution in [0.5, 0.6) is 11.5 Å². The smallest absolute Gasteiger partial charge is 0.440 e. The van der Waals surface area contributed by atoms with Gasteiger partial charge < -0.3 is 24.0 Å². The Morgan fingerprint density at radius 2 is 1.76 bits per heavy atom. The van der Waals surface area contributed by atoms with Crippen molar-refractivity contribution in [2.45, 2.75) is 38.1 Å². The molecular formula is C31H28F3N3O7S. The van der Waals surface area contributed by atoms with Crippen LogP contribution in [0.2, 0.25) is 0 Å². The van der Waals surface area contributed by atoms with Crippen molar-refractivity contribution < 1.29 is 45.4 Å². The summed E-state index contributed by atoms with van der Waals surface area (Å²) in [5.74, 6) is 5.13. The molecule has 0 fully saturated rings. The number of hydrazine groups is 1. The van der Waals surface area contributed by atoms with Gasteiger partial charge in [-0.1, -0.05) is 18.2 Å². The van der Waals surface area contributed by atoms with Crippen molar-refractivity contribution in [3.63, 3.8) is 0 Å². The average molecular weight is 644 g/mol. The van der Waals surface area contributed by atoms with Gasteiger partial charge in [-0.15, -0.1) is 8.78 Å². The fraction of sp³-hybridized carbons (Fsp3) is 0.226. The molecule has 14 heteroatoms. The van der Waals surface area contributed by atoms with E-state index in [4.69, 9.17) is 10.3 Å². The first-order valence-corrected chi connectivity index (χ1v) is 15.3. The van der Waals surface area contributed by atoms with Crippen molar-refractivity contribution >= 4 is 21.3 Å². The first kappa shape index (κ1) is 31.8. The molecule has 0 radical (unpaired) electrons. The van der Waals surface area contributed by atoms with Crippen LogP contribution in [0.1, 0.15) is 30.4 Å². The SMILES string of the molecule is CC(=O)CC=C(c1ccc(-c2cc(F)c(CO)c(S(C)(=O)=O)c2)cc1-c1oc(C)nc1-c1ccc2c(c1)OC(F)(F)O2)N(C)N. The van der Waals surface area contributed by atoms with E-state index in [-0.39, 0.29) is 57.1 Å². The van der Waals surface area contributed by atoms with E-state index < -0.39 is 28.6 Å². The number of fused-ring (bicyclic) bond motifs is 1. The van der Waals surface area contributed by atoms with Crippen LogP contribution in [0.3, 0.4) is 0 Å². The summed E-state index contributed by atoms with van der Waals surface area (Å²) in [7, 11) is -2.37. The second kappa shape index (κ2) is 11.7. The molecule has 2 heterocycles. The zero-order valence-electron chi connectivity index (χ0n) is 24.5. The number of aliphatic hydroxyl groups is 1. The maximum absolute atomic E-state index is 15.1. The highest BCUT2D eigenvalue weighted by molar-refractivity contribution is 7.90. The lowest BCUT2D eigenvalue weighted by atomic mass is 9.93. The van der Waals surface area contributed by atoms with Gasteiger partial charge in [0, 0.05) is 48.9 Å². The molecule has 45 heavy (non-hydrogen) atoms. The third-order valence-electron chi connectivity index (χ3n) is 6.96. The quantitative estimate of drug-likeness (QED) is 0.178. The third kappa shape index (κ3) is 6.43. The monoisotopic (exact) mass is 643 g/mol. The standard InChI is InChI=1S/C31H28F3N3O7S/c1-16(39)5-9-25(37(3)35)21-8-6-18(20-12-24(32)23(15-38)28(14-20)45(4,40)41)11-22(21)30-29(36-17(2)42-30)19-7-10-26-27(13-19)44-31(33,34)43-26/h6-14,38H,5,15,35H2,1-4H3. The molecule has 0 bridgehead atoms. The molecule has 0 saturated heterocycles. The fourth-order valence-electron chi connectivity index (χ4n) is 4.98. The van der Waals surface area contributed by atoms with Crippen LogP contribution in [-0.4, -0.2) is 48.9 Å². The number of benzene rings is 3. The number of nitrogens with zero attached hydrogens (tertiary/aromatic N) is 2. The first-order chi connectivity index (χ1) is 21.1. The van der Waals surface area contributed by atoms with E-state index in [1.54, 1.807) is 38.2 Å². The number of alkyl halides is 2.